The van der Waals surface area contributed by atoms with Crippen molar-refractivity contribution < 1.29 is 65.0 Å². The van der Waals surface area contributed by atoms with Crippen molar-refractivity contribution in [3.8, 4) is 11.8 Å². The number of aliphatic hydroxyl groups is 1. The number of aromatic nitrogens is 4. The van der Waals surface area contributed by atoms with Crippen LogP contribution in [0.1, 0.15) is 49.1 Å². The molecule has 6 heterocycles. The average molecular weight is 791 g/mol. The predicted octanol–water partition coefficient (Wildman–Crippen LogP) is 1.75. The number of carbonyl (C=O) groups is 1. The van der Waals surface area contributed by atoms with Crippen LogP contribution in [0.15, 0.2) is 61.2 Å². The van der Waals surface area contributed by atoms with Gasteiger partial charge in [0.05, 0.1) is 26.3 Å². The van der Waals surface area contributed by atoms with Crippen molar-refractivity contribution in [1.29, 1.82) is 0 Å². The Balaban J connectivity index is 0.000000327. The van der Waals surface area contributed by atoms with E-state index in [0.717, 1.165) is 68.1 Å². The van der Waals surface area contributed by atoms with Crippen LogP contribution in [0.3, 0.4) is 0 Å². The Morgan fingerprint density at radius 2 is 1.54 bits per heavy atom. The van der Waals surface area contributed by atoms with Gasteiger partial charge in [-0.25, -0.2) is 19.7 Å². The molecule has 3 aromatic rings. The van der Waals surface area contributed by atoms with Crippen LogP contribution in [0.5, 0.6) is 11.8 Å². The van der Waals surface area contributed by atoms with Crippen LogP contribution in [0.2, 0.25) is 0 Å². The van der Waals surface area contributed by atoms with E-state index in [0.29, 0.717) is 44.0 Å². The zero-order valence-electron chi connectivity index (χ0n) is 28.1. The van der Waals surface area contributed by atoms with Gasteiger partial charge < -0.3 is 50.0 Å². The summed E-state index contributed by atoms with van der Waals surface area (Å²) in [7, 11) is 0. The second-order valence-corrected chi connectivity index (χ2v) is 11.3. The number of nitrogens with zero attached hydrogens (tertiary/aromatic N) is 5. The fourth-order valence-corrected chi connectivity index (χ4v) is 5.19. The topological polar surface area (TPSA) is 213 Å². The molecular weight excluding hydrogens is 743 g/mol. The van der Waals surface area contributed by atoms with Crippen molar-refractivity contribution in [1.82, 2.24) is 30.2 Å². The Hall–Kier alpha value is -3.59. The molecule has 7 rings (SSSR count). The monoisotopic (exact) mass is 790 g/mol. The molecule has 16 heteroatoms. The maximum atomic E-state index is 12.1. The maximum absolute atomic E-state index is 12.1. The number of likely N-dealkylation sites (tertiary alicyclic amines) is 1. The second kappa shape index (κ2) is 23.0. The molecule has 0 aliphatic carbocycles. The summed E-state index contributed by atoms with van der Waals surface area (Å²) in [5.41, 5.74) is 3.81. The van der Waals surface area contributed by atoms with Crippen molar-refractivity contribution in [2.75, 3.05) is 59.2 Å². The van der Waals surface area contributed by atoms with Crippen molar-refractivity contribution >= 4 is 11.7 Å². The van der Waals surface area contributed by atoms with Crippen LogP contribution in [0, 0.1) is 0 Å². The summed E-state index contributed by atoms with van der Waals surface area (Å²) in [6.45, 7) is 7.84. The summed E-state index contributed by atoms with van der Waals surface area (Å²) >= 11 is 0. The number of nitrogens with one attached hydrogen (secondary N) is 1. The first-order chi connectivity index (χ1) is 23.1. The van der Waals surface area contributed by atoms with Crippen molar-refractivity contribution in [2.45, 2.75) is 50.9 Å². The number of hydrogen-bond donors (Lipinski definition) is 2. The molecule has 0 atom stereocenters. The first-order valence-electron chi connectivity index (χ1n) is 16.2. The Bertz CT molecular complexity index is 1430. The van der Waals surface area contributed by atoms with E-state index in [2.05, 4.69) is 25.3 Å². The fourth-order valence-electron chi connectivity index (χ4n) is 5.19. The van der Waals surface area contributed by atoms with Crippen LogP contribution in [-0.4, -0.2) is 118 Å². The van der Waals surface area contributed by atoms with Crippen LogP contribution in [-0.2, 0) is 41.2 Å². The van der Waals surface area contributed by atoms with Crippen molar-refractivity contribution in [2.24, 2.45) is 0 Å². The van der Waals surface area contributed by atoms with E-state index in [1.54, 1.807) is 36.6 Å². The quantitative estimate of drug-likeness (QED) is 0.313. The molecule has 50 heavy (non-hydrogen) atoms. The Morgan fingerprint density at radius 1 is 0.900 bits per heavy atom. The number of ether oxygens (including phenoxy) is 5. The molecule has 0 bridgehead atoms. The molecule has 3 fully saturated rings. The number of hydrogen-bond acceptors (Lipinski definition) is 12. The first-order valence-corrected chi connectivity index (χ1v) is 16.2. The van der Waals surface area contributed by atoms with Crippen LogP contribution in [0.25, 0.3) is 5.57 Å². The number of rotatable bonds is 8. The molecule has 2 aromatic heterocycles. The van der Waals surface area contributed by atoms with E-state index in [9.17, 15) is 4.79 Å². The molecule has 278 valence electrons. The van der Waals surface area contributed by atoms with Gasteiger partial charge in [0, 0.05) is 84.0 Å². The van der Waals surface area contributed by atoms with Crippen LogP contribution in [0.4, 0.5) is 4.79 Å². The Morgan fingerprint density at radius 3 is 2.18 bits per heavy atom. The molecule has 4 aliphatic heterocycles. The molecule has 1 aromatic carbocycles. The van der Waals surface area contributed by atoms with Gasteiger partial charge in [-0.15, -0.1) is 0 Å². The van der Waals surface area contributed by atoms with Gasteiger partial charge in [-0.1, -0.05) is 36.4 Å². The molecular formula is C34H48N6O9Pd. The minimum atomic E-state index is -0.329. The molecule has 15 nitrogen and oxygen atoms in total. The molecule has 0 radical (unpaired) electrons. The maximum Gasteiger partial charge on any atom is 0.410 e. The van der Waals surface area contributed by atoms with E-state index in [4.69, 9.17) is 28.8 Å². The summed E-state index contributed by atoms with van der Waals surface area (Å²) in [4.78, 5) is 31.2. The zero-order valence-corrected chi connectivity index (χ0v) is 29.7. The summed E-state index contributed by atoms with van der Waals surface area (Å²) in [5, 5.41) is 10.8. The number of amides is 1. The third kappa shape index (κ3) is 12.6. The summed E-state index contributed by atoms with van der Waals surface area (Å²) in [6, 6.07) is 9.62. The van der Waals surface area contributed by atoms with Gasteiger partial charge in [-0.2, -0.15) is 0 Å². The van der Waals surface area contributed by atoms with Gasteiger partial charge in [0.25, 0.3) is 0 Å². The van der Waals surface area contributed by atoms with Gasteiger partial charge in [0.1, 0.15) is 30.2 Å². The Kier molecular flexibility index (Phi) is 19.6. The van der Waals surface area contributed by atoms with Gasteiger partial charge >= 0.3 is 6.09 Å². The summed E-state index contributed by atoms with van der Waals surface area (Å²) in [6.07, 6.45) is 11.4. The molecule has 1 amide bonds. The third-order valence-electron chi connectivity index (χ3n) is 7.84. The Labute approximate surface area is 306 Å². The van der Waals surface area contributed by atoms with Gasteiger partial charge in [0.15, 0.2) is 0 Å². The summed E-state index contributed by atoms with van der Waals surface area (Å²) in [5.74, 6) is 1.65. The predicted molar refractivity (Wildman–Crippen MR) is 180 cm³/mol. The van der Waals surface area contributed by atoms with E-state index < -0.39 is 0 Å². The van der Waals surface area contributed by atoms with Crippen molar-refractivity contribution in [3.05, 3.63) is 78.1 Å². The normalized spacial score (nSPS) is 17.1. The SMILES string of the molecule is CCO.O.O.O=C(OCc1ccccc1)N1CC(Oc2nccnc2C2=CCOCC2)C1.[Pd].c1cnc(C2CCOCC2)c(OC2CNC2)n1. The number of benzene rings is 1. The van der Waals surface area contributed by atoms with Gasteiger partial charge in [0.2, 0.25) is 11.8 Å². The minimum absolute atomic E-state index is 0. The molecule has 3 saturated heterocycles. The molecule has 0 saturated carbocycles. The number of carbonyl (C=O) groups excluding carboxylic acids is 1. The van der Waals surface area contributed by atoms with E-state index >= 15 is 0 Å². The molecule has 0 spiro atoms. The smallest absolute Gasteiger partial charge is 0.410 e. The van der Waals surface area contributed by atoms with Crippen molar-refractivity contribution in [3.63, 3.8) is 0 Å². The zero-order chi connectivity index (χ0) is 32.7. The summed E-state index contributed by atoms with van der Waals surface area (Å²) < 4.78 is 27.9. The van der Waals surface area contributed by atoms with Crippen LogP contribution < -0.4 is 14.8 Å². The van der Waals surface area contributed by atoms with Gasteiger partial charge in [-0.05, 0) is 37.3 Å². The molecule has 4 aliphatic rings. The van der Waals surface area contributed by atoms with Gasteiger partial charge in [-0.3, -0.25) is 4.98 Å². The minimum Gasteiger partial charge on any atom is -0.470 e. The third-order valence-corrected chi connectivity index (χ3v) is 7.84. The van der Waals surface area contributed by atoms with E-state index in [-0.39, 0.29) is 62.9 Å². The van der Waals surface area contributed by atoms with E-state index in [1.807, 2.05) is 36.4 Å². The average Bonchev–Trinajstić information content (AvgIpc) is 3.09. The molecule has 6 N–H and O–H groups in total. The second-order valence-electron chi connectivity index (χ2n) is 11.3. The van der Waals surface area contributed by atoms with Crippen LogP contribution >= 0.6 is 0 Å². The first kappa shape index (κ1) is 42.6. The molecule has 0 unspecified atom stereocenters. The largest absolute Gasteiger partial charge is 0.470 e. The van der Waals surface area contributed by atoms with E-state index in [1.165, 1.54) is 0 Å². The standard InChI is InChI=1S/C20H21N3O4.C12H17N3O2.C2H6O.2H2O.Pd/c24-20(26-14-15-4-2-1-3-5-15)23-12-17(13-23)27-19-18(21-8-9-22-19)16-6-10-25-11-7-16;1-5-16-6-2-9(1)11-12(15-4-3-14-11)17-10-7-13-8-10;1-2-3;;;/h1-6,8-9,17H,7,10-14H2;3-4,9-10,13H,1-2,5-8H2;3H,2H2,1H3;2*1H2;. The number of aliphatic hydroxyl groups excluding tert-OH is 1. The fraction of sp³-hybridized carbons (Fsp3) is 0.500.